The minimum atomic E-state index is -0.805. The first-order valence-corrected chi connectivity index (χ1v) is 23.6. The summed E-state index contributed by atoms with van der Waals surface area (Å²) in [5.41, 5.74) is 0. The quantitative estimate of drug-likeness (QED) is 0.0265. The highest BCUT2D eigenvalue weighted by Crippen LogP contribution is 2.12. The lowest BCUT2D eigenvalue weighted by Gasteiger charge is -2.18. The number of hydrogen-bond acceptors (Lipinski definition) is 6. The van der Waals surface area contributed by atoms with Crippen LogP contribution in [0.15, 0.2) is 85.1 Å². The second kappa shape index (κ2) is 46.3. The standard InChI is InChI=1S/C52H86O6/c1-4-7-10-13-16-19-22-24-25-26-27-28-31-33-36-39-42-45-51(54)57-48-49(47-56-50(53)44-41-38-35-32-29-21-18-15-12-9-6-3)58-52(55)46-43-40-37-34-30-23-20-17-14-11-8-5-2/h7,10,15-20,24-25,27-28,33,36,49H,4-6,8-9,11-14,21-23,26,29-32,34-35,37-48H2,1-3H3/b10-7-,18-15-,19-16-,20-17-,25-24-,28-27-,36-33-/t49-/m1/s1. The van der Waals surface area contributed by atoms with Crippen LogP contribution in [0.4, 0.5) is 0 Å². The monoisotopic (exact) mass is 807 g/mol. The van der Waals surface area contributed by atoms with E-state index in [0.29, 0.717) is 19.3 Å². The second-order valence-electron chi connectivity index (χ2n) is 15.3. The summed E-state index contributed by atoms with van der Waals surface area (Å²) in [4.78, 5) is 37.8. The van der Waals surface area contributed by atoms with E-state index in [9.17, 15) is 14.4 Å². The maximum Gasteiger partial charge on any atom is 0.306 e. The van der Waals surface area contributed by atoms with Gasteiger partial charge in [0.25, 0.3) is 0 Å². The zero-order valence-electron chi connectivity index (χ0n) is 37.5. The van der Waals surface area contributed by atoms with E-state index in [-0.39, 0.29) is 37.5 Å². The number of carbonyl (C=O) groups excluding carboxylic acids is 3. The lowest BCUT2D eigenvalue weighted by molar-refractivity contribution is -0.167. The van der Waals surface area contributed by atoms with Gasteiger partial charge in [0.1, 0.15) is 13.2 Å². The molecule has 0 radical (unpaired) electrons. The van der Waals surface area contributed by atoms with E-state index in [2.05, 4.69) is 106 Å². The Hall–Kier alpha value is -3.41. The van der Waals surface area contributed by atoms with Gasteiger partial charge in [-0.25, -0.2) is 0 Å². The normalized spacial score (nSPS) is 12.8. The van der Waals surface area contributed by atoms with Crippen LogP contribution in [0.25, 0.3) is 0 Å². The minimum absolute atomic E-state index is 0.103. The van der Waals surface area contributed by atoms with Crippen molar-refractivity contribution in [2.75, 3.05) is 13.2 Å². The number of unbranched alkanes of at least 4 members (excludes halogenated alkanes) is 16. The van der Waals surface area contributed by atoms with E-state index in [1.165, 1.54) is 57.8 Å². The van der Waals surface area contributed by atoms with Crippen LogP contribution in [0.5, 0.6) is 0 Å². The molecule has 0 saturated carbocycles. The van der Waals surface area contributed by atoms with Crippen LogP contribution in [-0.2, 0) is 28.6 Å². The average Bonchev–Trinajstić information content (AvgIpc) is 3.22. The largest absolute Gasteiger partial charge is 0.462 e. The molecule has 6 heteroatoms. The highest BCUT2D eigenvalue weighted by atomic mass is 16.6. The number of ether oxygens (including phenoxy) is 3. The second-order valence-corrected chi connectivity index (χ2v) is 15.3. The fourth-order valence-corrected chi connectivity index (χ4v) is 6.04. The van der Waals surface area contributed by atoms with Crippen LogP contribution in [0.3, 0.4) is 0 Å². The Balaban J connectivity index is 4.49. The van der Waals surface area contributed by atoms with E-state index in [4.69, 9.17) is 14.2 Å². The Morgan fingerprint density at radius 1 is 0.362 bits per heavy atom. The molecule has 0 aromatic rings. The van der Waals surface area contributed by atoms with Crippen LogP contribution < -0.4 is 0 Å². The molecule has 0 rings (SSSR count). The Bertz CT molecular complexity index is 1160. The average molecular weight is 807 g/mol. The third-order valence-corrected chi connectivity index (χ3v) is 9.60. The molecule has 0 aromatic heterocycles. The zero-order valence-corrected chi connectivity index (χ0v) is 37.5. The van der Waals surface area contributed by atoms with Crippen LogP contribution in [-0.4, -0.2) is 37.2 Å². The molecule has 0 aliphatic rings. The molecule has 0 amide bonds. The van der Waals surface area contributed by atoms with Gasteiger partial charge in [-0.3, -0.25) is 14.4 Å². The highest BCUT2D eigenvalue weighted by Gasteiger charge is 2.19. The molecule has 6 nitrogen and oxygen atoms in total. The number of allylic oxidation sites excluding steroid dienone is 14. The highest BCUT2D eigenvalue weighted by molar-refractivity contribution is 5.71. The molecule has 0 fully saturated rings. The molecule has 0 aromatic carbocycles. The van der Waals surface area contributed by atoms with Crippen molar-refractivity contribution in [3.63, 3.8) is 0 Å². The topological polar surface area (TPSA) is 78.9 Å². The molecule has 0 saturated heterocycles. The number of rotatable bonds is 41. The minimum Gasteiger partial charge on any atom is -0.462 e. The SMILES string of the molecule is CC/C=C\C/C=C\C/C=C\C/C=C\C/C=C\CCCC(=O)OC[C@@H](COC(=O)CCCCCCC/C=C\CCCC)OC(=O)CCCCCCC/C=C\CCCCC. The molecular formula is C52H86O6. The van der Waals surface area contributed by atoms with Crippen molar-refractivity contribution in [1.29, 1.82) is 0 Å². The predicted octanol–water partition coefficient (Wildman–Crippen LogP) is 15.3. The summed E-state index contributed by atoms with van der Waals surface area (Å²) in [5, 5.41) is 0. The van der Waals surface area contributed by atoms with Crippen LogP contribution >= 0.6 is 0 Å². The lowest BCUT2D eigenvalue weighted by atomic mass is 10.1. The third-order valence-electron chi connectivity index (χ3n) is 9.60. The van der Waals surface area contributed by atoms with E-state index >= 15 is 0 Å². The first kappa shape index (κ1) is 54.6. The van der Waals surface area contributed by atoms with Crippen molar-refractivity contribution in [3.05, 3.63) is 85.1 Å². The van der Waals surface area contributed by atoms with Gasteiger partial charge >= 0.3 is 17.9 Å². The summed E-state index contributed by atoms with van der Waals surface area (Å²) in [5.74, 6) is -0.989. The zero-order chi connectivity index (χ0) is 42.3. The van der Waals surface area contributed by atoms with Crippen molar-refractivity contribution in [3.8, 4) is 0 Å². The van der Waals surface area contributed by atoms with Crippen LogP contribution in [0.2, 0.25) is 0 Å². The molecule has 1 atom stereocenters. The fourth-order valence-electron chi connectivity index (χ4n) is 6.04. The van der Waals surface area contributed by atoms with Crippen LogP contribution in [0.1, 0.15) is 207 Å². The molecule has 330 valence electrons. The molecule has 0 aliphatic heterocycles. The van der Waals surface area contributed by atoms with Gasteiger partial charge in [-0.2, -0.15) is 0 Å². The van der Waals surface area contributed by atoms with Gasteiger partial charge in [0.05, 0.1) is 0 Å². The van der Waals surface area contributed by atoms with E-state index in [1.807, 2.05) is 0 Å². The Morgan fingerprint density at radius 3 is 1.19 bits per heavy atom. The number of carbonyl (C=O) groups is 3. The maximum atomic E-state index is 12.7. The molecule has 0 N–H and O–H groups in total. The predicted molar refractivity (Wildman–Crippen MR) is 247 cm³/mol. The summed E-state index contributed by atoms with van der Waals surface area (Å²) >= 11 is 0. The first-order chi connectivity index (χ1) is 28.5. The summed E-state index contributed by atoms with van der Waals surface area (Å²) in [6.45, 7) is 6.37. The molecule has 0 bridgehead atoms. The Morgan fingerprint density at radius 2 is 0.707 bits per heavy atom. The van der Waals surface area contributed by atoms with Crippen molar-refractivity contribution in [2.24, 2.45) is 0 Å². The molecule has 58 heavy (non-hydrogen) atoms. The fraction of sp³-hybridized carbons (Fsp3) is 0.673. The van der Waals surface area contributed by atoms with Crippen molar-refractivity contribution >= 4 is 17.9 Å². The number of hydrogen-bond donors (Lipinski definition) is 0. The van der Waals surface area contributed by atoms with E-state index < -0.39 is 6.10 Å². The van der Waals surface area contributed by atoms with Gasteiger partial charge in [0.15, 0.2) is 6.10 Å². The van der Waals surface area contributed by atoms with Gasteiger partial charge in [-0.1, -0.05) is 170 Å². The molecule has 0 aliphatic carbocycles. The molecule has 0 spiro atoms. The molecular weight excluding hydrogens is 721 g/mol. The van der Waals surface area contributed by atoms with Gasteiger partial charge in [-0.15, -0.1) is 0 Å². The summed E-state index contributed by atoms with van der Waals surface area (Å²) in [7, 11) is 0. The Kier molecular flexibility index (Phi) is 43.6. The van der Waals surface area contributed by atoms with Crippen LogP contribution in [0, 0.1) is 0 Å². The van der Waals surface area contributed by atoms with E-state index in [1.54, 1.807) is 0 Å². The third kappa shape index (κ3) is 43.7. The maximum absolute atomic E-state index is 12.7. The summed E-state index contributed by atoms with van der Waals surface area (Å²) in [6, 6.07) is 0. The van der Waals surface area contributed by atoms with Gasteiger partial charge in [0.2, 0.25) is 0 Å². The van der Waals surface area contributed by atoms with Gasteiger partial charge in [0, 0.05) is 19.3 Å². The number of esters is 3. The van der Waals surface area contributed by atoms with Crippen molar-refractivity contribution in [1.82, 2.24) is 0 Å². The van der Waals surface area contributed by atoms with Gasteiger partial charge < -0.3 is 14.2 Å². The van der Waals surface area contributed by atoms with Gasteiger partial charge in [-0.05, 0) is 103 Å². The first-order valence-electron chi connectivity index (χ1n) is 23.6. The van der Waals surface area contributed by atoms with Crippen molar-refractivity contribution < 1.29 is 28.6 Å². The molecule has 0 heterocycles. The van der Waals surface area contributed by atoms with E-state index in [0.717, 1.165) is 103 Å². The molecule has 0 unspecified atom stereocenters. The summed E-state index contributed by atoms with van der Waals surface area (Å²) < 4.78 is 16.7. The summed E-state index contributed by atoms with van der Waals surface area (Å²) in [6.07, 6.45) is 58.5. The van der Waals surface area contributed by atoms with Crippen molar-refractivity contribution in [2.45, 2.75) is 213 Å². The Labute approximate surface area is 356 Å². The smallest absolute Gasteiger partial charge is 0.306 e. The lowest BCUT2D eigenvalue weighted by Crippen LogP contribution is -2.30.